The zero-order valence-corrected chi connectivity index (χ0v) is 3.81. The van der Waals surface area contributed by atoms with Gasteiger partial charge in [-0.15, -0.1) is 0 Å². The molecule has 0 bridgehead atoms. The SMILES string of the molecule is C=[C]c1ncc[nH]1. The summed E-state index contributed by atoms with van der Waals surface area (Å²) in [4.78, 5) is 6.61. The van der Waals surface area contributed by atoms with Gasteiger partial charge in [0, 0.05) is 18.5 Å². The lowest BCUT2D eigenvalue weighted by Crippen LogP contribution is -1.70. The fourth-order valence-electron chi connectivity index (χ4n) is 0.362. The second kappa shape index (κ2) is 1.60. The van der Waals surface area contributed by atoms with Crippen LogP contribution < -0.4 is 0 Å². The van der Waals surface area contributed by atoms with Gasteiger partial charge in [0.15, 0.2) is 0 Å². The van der Waals surface area contributed by atoms with Gasteiger partial charge in [0.1, 0.15) is 5.82 Å². The minimum atomic E-state index is 0.694. The molecular weight excluding hydrogens is 88.1 g/mol. The third-order valence-corrected chi connectivity index (χ3v) is 0.666. The van der Waals surface area contributed by atoms with Crippen molar-refractivity contribution in [3.05, 3.63) is 30.9 Å². The van der Waals surface area contributed by atoms with Crippen molar-refractivity contribution < 1.29 is 0 Å². The molecule has 0 aliphatic rings. The van der Waals surface area contributed by atoms with Crippen LogP contribution in [0, 0.1) is 6.08 Å². The zero-order chi connectivity index (χ0) is 5.11. The van der Waals surface area contributed by atoms with Crippen LogP contribution in [0.4, 0.5) is 0 Å². The number of nitrogens with zero attached hydrogens (tertiary/aromatic N) is 1. The molecule has 7 heavy (non-hydrogen) atoms. The van der Waals surface area contributed by atoms with Crippen molar-refractivity contribution >= 4 is 0 Å². The lowest BCUT2D eigenvalue weighted by molar-refractivity contribution is 1.21. The molecule has 0 saturated heterocycles. The molecule has 1 radical (unpaired) electrons. The van der Waals surface area contributed by atoms with Crippen LogP contribution in [0.25, 0.3) is 0 Å². The Morgan fingerprint density at radius 2 is 2.71 bits per heavy atom. The van der Waals surface area contributed by atoms with Gasteiger partial charge in [-0.2, -0.15) is 0 Å². The number of hydrogen-bond acceptors (Lipinski definition) is 1. The first-order valence-corrected chi connectivity index (χ1v) is 1.96. The molecule has 0 fully saturated rings. The normalized spacial score (nSPS) is 8.57. The van der Waals surface area contributed by atoms with Crippen LogP contribution in [0.2, 0.25) is 0 Å². The first-order chi connectivity index (χ1) is 3.43. The average Bonchev–Trinajstić information content (AvgIpc) is 2.14. The number of imidazole rings is 1. The fourth-order valence-corrected chi connectivity index (χ4v) is 0.362. The predicted molar refractivity (Wildman–Crippen MR) is 26.6 cm³/mol. The molecule has 1 aromatic heterocycles. The summed E-state index contributed by atoms with van der Waals surface area (Å²) in [6.07, 6.45) is 5.98. The highest BCUT2D eigenvalue weighted by molar-refractivity contribution is 4.95. The van der Waals surface area contributed by atoms with E-state index < -0.39 is 0 Å². The quantitative estimate of drug-likeness (QED) is 0.545. The van der Waals surface area contributed by atoms with Crippen molar-refractivity contribution in [1.29, 1.82) is 0 Å². The van der Waals surface area contributed by atoms with E-state index in [1.807, 2.05) is 0 Å². The van der Waals surface area contributed by atoms with Gasteiger partial charge in [0.05, 0.1) is 0 Å². The van der Waals surface area contributed by atoms with Crippen LogP contribution >= 0.6 is 0 Å². The molecule has 2 nitrogen and oxygen atoms in total. The van der Waals surface area contributed by atoms with Crippen LogP contribution in [-0.4, -0.2) is 9.97 Å². The van der Waals surface area contributed by atoms with E-state index in [1.54, 1.807) is 12.4 Å². The molecular formula is C5H5N2. The van der Waals surface area contributed by atoms with Gasteiger partial charge in [0.25, 0.3) is 0 Å². The Morgan fingerprint density at radius 1 is 1.86 bits per heavy atom. The molecule has 0 aliphatic carbocycles. The van der Waals surface area contributed by atoms with E-state index in [4.69, 9.17) is 0 Å². The van der Waals surface area contributed by atoms with Crippen molar-refractivity contribution in [2.75, 3.05) is 0 Å². The first kappa shape index (κ1) is 4.12. The Hall–Kier alpha value is -1.05. The topological polar surface area (TPSA) is 28.7 Å². The lowest BCUT2D eigenvalue weighted by atomic mass is 10.6. The highest BCUT2D eigenvalue weighted by atomic mass is 14.9. The minimum Gasteiger partial charge on any atom is -0.345 e. The average molecular weight is 93.1 g/mol. The Bertz CT molecular complexity index is 141. The maximum atomic E-state index is 3.81. The van der Waals surface area contributed by atoms with Gasteiger partial charge in [-0.1, -0.05) is 6.58 Å². The lowest BCUT2D eigenvalue weighted by Gasteiger charge is -1.71. The zero-order valence-electron chi connectivity index (χ0n) is 3.81. The summed E-state index contributed by atoms with van der Waals surface area (Å²) >= 11 is 0. The van der Waals surface area contributed by atoms with Crippen molar-refractivity contribution in [3.8, 4) is 0 Å². The van der Waals surface area contributed by atoms with E-state index in [-0.39, 0.29) is 0 Å². The standard InChI is InChI=1S/C5H5N2/c1-2-5-6-3-4-7-5/h3-4H,1H2,(H,6,7). The summed E-state index contributed by atoms with van der Waals surface area (Å²) in [5.74, 6) is 0.694. The van der Waals surface area contributed by atoms with E-state index >= 15 is 0 Å². The highest BCUT2D eigenvalue weighted by Crippen LogP contribution is 1.82. The summed E-state index contributed by atoms with van der Waals surface area (Å²) in [7, 11) is 0. The van der Waals surface area contributed by atoms with Crippen molar-refractivity contribution in [2.24, 2.45) is 0 Å². The molecule has 1 rings (SSSR count). The predicted octanol–water partition coefficient (Wildman–Crippen LogP) is 0.747. The second-order valence-corrected chi connectivity index (χ2v) is 1.11. The highest BCUT2D eigenvalue weighted by Gasteiger charge is 1.79. The Morgan fingerprint density at radius 3 is 3.00 bits per heavy atom. The van der Waals surface area contributed by atoms with Gasteiger partial charge < -0.3 is 4.98 Å². The Labute approximate surface area is 41.9 Å². The maximum Gasteiger partial charge on any atom is 0.137 e. The number of hydrogen-bond donors (Lipinski definition) is 1. The van der Waals surface area contributed by atoms with Gasteiger partial charge in [-0.3, -0.25) is 0 Å². The fraction of sp³-hybridized carbons (Fsp3) is 0. The minimum absolute atomic E-state index is 0.694. The third-order valence-electron chi connectivity index (χ3n) is 0.666. The molecule has 0 spiro atoms. The van der Waals surface area contributed by atoms with Crippen molar-refractivity contribution in [2.45, 2.75) is 0 Å². The van der Waals surface area contributed by atoms with Crippen LogP contribution in [0.15, 0.2) is 19.0 Å². The van der Waals surface area contributed by atoms with Crippen molar-refractivity contribution in [1.82, 2.24) is 9.97 Å². The molecule has 1 heterocycles. The summed E-state index contributed by atoms with van der Waals surface area (Å²) < 4.78 is 0. The molecule has 35 valence electrons. The molecule has 0 saturated carbocycles. The van der Waals surface area contributed by atoms with E-state index in [9.17, 15) is 0 Å². The number of aromatic nitrogens is 2. The van der Waals surface area contributed by atoms with Crippen LogP contribution in [0.3, 0.4) is 0 Å². The Kier molecular flexibility index (Phi) is 0.941. The van der Waals surface area contributed by atoms with Crippen LogP contribution in [0.5, 0.6) is 0 Å². The number of nitrogens with one attached hydrogen (secondary N) is 1. The monoisotopic (exact) mass is 93.0 g/mol. The van der Waals surface area contributed by atoms with Crippen LogP contribution in [-0.2, 0) is 0 Å². The number of H-pyrrole nitrogens is 1. The van der Waals surface area contributed by atoms with E-state index in [1.165, 1.54) is 0 Å². The molecule has 0 aliphatic heterocycles. The van der Waals surface area contributed by atoms with Crippen LogP contribution in [0.1, 0.15) is 5.82 Å². The summed E-state index contributed by atoms with van der Waals surface area (Å²) in [5, 5.41) is 0. The summed E-state index contributed by atoms with van der Waals surface area (Å²) in [5.41, 5.74) is 0. The van der Waals surface area contributed by atoms with Crippen molar-refractivity contribution in [3.63, 3.8) is 0 Å². The molecule has 0 atom stereocenters. The summed E-state index contributed by atoms with van der Waals surface area (Å²) in [6.45, 7) is 3.38. The molecule has 0 amide bonds. The van der Waals surface area contributed by atoms with Gasteiger partial charge >= 0.3 is 0 Å². The smallest absolute Gasteiger partial charge is 0.137 e. The first-order valence-electron chi connectivity index (χ1n) is 1.96. The van der Waals surface area contributed by atoms with Gasteiger partial charge in [0.2, 0.25) is 0 Å². The number of aromatic amines is 1. The van der Waals surface area contributed by atoms with E-state index in [0.717, 1.165) is 0 Å². The van der Waals surface area contributed by atoms with E-state index in [2.05, 4.69) is 22.6 Å². The van der Waals surface area contributed by atoms with E-state index in [0.29, 0.717) is 5.82 Å². The maximum absolute atomic E-state index is 3.81. The third kappa shape index (κ3) is 0.682. The van der Waals surface area contributed by atoms with Gasteiger partial charge in [-0.05, 0) is 0 Å². The molecule has 1 N–H and O–H groups in total. The second-order valence-electron chi connectivity index (χ2n) is 1.11. The largest absolute Gasteiger partial charge is 0.345 e. The van der Waals surface area contributed by atoms with Gasteiger partial charge in [-0.25, -0.2) is 4.98 Å². The number of rotatable bonds is 1. The molecule has 0 unspecified atom stereocenters. The summed E-state index contributed by atoms with van der Waals surface area (Å²) in [6, 6.07) is 0. The molecule has 0 aromatic carbocycles. The molecule has 2 heteroatoms. The molecule has 1 aromatic rings. The Balaban J connectivity index is 2.96.